The number of allylic oxidation sites excluding steroid dienone is 24. The normalized spacial score (nSPS) is 13.1. The van der Waals surface area contributed by atoms with Crippen molar-refractivity contribution in [3.63, 3.8) is 0 Å². The van der Waals surface area contributed by atoms with Crippen LogP contribution in [0.3, 0.4) is 0 Å². The van der Waals surface area contributed by atoms with Crippen LogP contribution < -0.4 is 0 Å². The smallest absolute Gasteiger partial charge is 0.306 e. The fraction of sp³-hybridized carbons (Fsp3) is 0.620. The fourth-order valence-electron chi connectivity index (χ4n) is 8.17. The van der Waals surface area contributed by atoms with Crippen LogP contribution >= 0.6 is 0 Å². The Morgan fingerprint density at radius 2 is 0.506 bits per heavy atom. The number of carbonyl (C=O) groups excluding carboxylic acids is 3. The van der Waals surface area contributed by atoms with E-state index in [-0.39, 0.29) is 31.1 Å². The molecule has 0 saturated heterocycles. The molecule has 0 fully saturated rings. The second kappa shape index (κ2) is 63.8. The number of hydrogen-bond acceptors (Lipinski definition) is 6. The molecule has 0 heterocycles. The topological polar surface area (TPSA) is 78.9 Å². The number of hydrogen-bond donors (Lipinski definition) is 0. The summed E-state index contributed by atoms with van der Waals surface area (Å²) in [5.41, 5.74) is 0. The molecule has 6 nitrogen and oxygen atoms in total. The summed E-state index contributed by atoms with van der Waals surface area (Å²) in [6.07, 6.45) is 91.3. The molecule has 0 spiro atoms. The molecule has 0 aliphatic rings. The van der Waals surface area contributed by atoms with Gasteiger partial charge in [0.15, 0.2) is 6.10 Å². The second-order valence-corrected chi connectivity index (χ2v) is 20.2. The Balaban J connectivity index is 4.48. The minimum Gasteiger partial charge on any atom is -0.462 e. The maximum absolute atomic E-state index is 12.9. The maximum Gasteiger partial charge on any atom is 0.306 e. The van der Waals surface area contributed by atoms with E-state index in [1.54, 1.807) is 0 Å². The van der Waals surface area contributed by atoms with Crippen LogP contribution in [0.1, 0.15) is 265 Å². The predicted octanol–water partition coefficient (Wildman–Crippen LogP) is 21.5. The second-order valence-electron chi connectivity index (χ2n) is 20.2. The van der Waals surface area contributed by atoms with E-state index in [2.05, 4.69) is 167 Å². The van der Waals surface area contributed by atoms with Crippen LogP contribution in [0.25, 0.3) is 0 Å². The number of ether oxygens (including phenoxy) is 3. The highest BCUT2D eigenvalue weighted by atomic mass is 16.6. The predicted molar refractivity (Wildman–Crippen MR) is 334 cm³/mol. The van der Waals surface area contributed by atoms with Gasteiger partial charge < -0.3 is 14.2 Å². The van der Waals surface area contributed by atoms with Crippen LogP contribution in [-0.2, 0) is 28.6 Å². The average molecular weight is 1060 g/mol. The lowest BCUT2D eigenvalue weighted by atomic mass is 10.1. The molecule has 0 aliphatic heterocycles. The van der Waals surface area contributed by atoms with Crippen molar-refractivity contribution in [3.8, 4) is 0 Å². The van der Waals surface area contributed by atoms with Crippen molar-refractivity contribution in [2.24, 2.45) is 0 Å². The summed E-state index contributed by atoms with van der Waals surface area (Å²) < 4.78 is 16.9. The van der Waals surface area contributed by atoms with Crippen LogP contribution in [0.2, 0.25) is 0 Å². The first-order valence-electron chi connectivity index (χ1n) is 31.3. The lowest BCUT2D eigenvalue weighted by molar-refractivity contribution is -0.167. The van der Waals surface area contributed by atoms with Crippen LogP contribution in [-0.4, -0.2) is 37.2 Å². The maximum atomic E-state index is 12.9. The van der Waals surface area contributed by atoms with Crippen molar-refractivity contribution in [1.29, 1.82) is 0 Å². The molecule has 77 heavy (non-hydrogen) atoms. The Kier molecular flexibility index (Phi) is 59.9. The zero-order valence-electron chi connectivity index (χ0n) is 49.7. The minimum atomic E-state index is -0.813. The van der Waals surface area contributed by atoms with Gasteiger partial charge in [0, 0.05) is 19.3 Å². The van der Waals surface area contributed by atoms with Crippen molar-refractivity contribution < 1.29 is 28.6 Å². The van der Waals surface area contributed by atoms with E-state index in [9.17, 15) is 14.4 Å². The van der Waals surface area contributed by atoms with E-state index < -0.39 is 6.10 Å². The SMILES string of the molecule is CC/C=C\C/C=C\C/C=C\C/C=C\C/C=C\C/C=C\C/C=C\C/C=C\CCCCC(=O)OCC(COC(=O)CCCCCCC/C=C\C/C=C\C/C=C\CC)OC(=O)CCCCCCCCC/C=C\CCCCCCCC. The van der Waals surface area contributed by atoms with Gasteiger partial charge in [0.1, 0.15) is 13.2 Å². The molecule has 0 bridgehead atoms. The molecule has 6 heteroatoms. The van der Waals surface area contributed by atoms with Gasteiger partial charge in [-0.1, -0.05) is 250 Å². The summed E-state index contributed by atoms with van der Waals surface area (Å²) in [5.74, 6) is -0.974. The van der Waals surface area contributed by atoms with E-state index >= 15 is 0 Å². The molecular weight excluding hydrogens is 949 g/mol. The van der Waals surface area contributed by atoms with Gasteiger partial charge in [0.05, 0.1) is 0 Å². The molecule has 0 aromatic heterocycles. The summed E-state index contributed by atoms with van der Waals surface area (Å²) in [6, 6.07) is 0. The molecule has 0 radical (unpaired) electrons. The van der Waals surface area contributed by atoms with Crippen LogP contribution in [0, 0.1) is 0 Å². The first kappa shape index (κ1) is 72.3. The fourth-order valence-corrected chi connectivity index (χ4v) is 8.17. The van der Waals surface area contributed by atoms with E-state index in [4.69, 9.17) is 14.2 Å². The third-order valence-electron chi connectivity index (χ3n) is 12.8. The molecule has 0 amide bonds. The van der Waals surface area contributed by atoms with Crippen molar-refractivity contribution in [3.05, 3.63) is 146 Å². The largest absolute Gasteiger partial charge is 0.462 e. The van der Waals surface area contributed by atoms with Gasteiger partial charge >= 0.3 is 17.9 Å². The molecule has 0 N–H and O–H groups in total. The Hall–Kier alpha value is -4.71. The molecule has 0 rings (SSSR count). The molecule has 0 saturated carbocycles. The molecular formula is C71H114O6. The van der Waals surface area contributed by atoms with Gasteiger partial charge in [-0.2, -0.15) is 0 Å². The van der Waals surface area contributed by atoms with Gasteiger partial charge in [-0.25, -0.2) is 0 Å². The van der Waals surface area contributed by atoms with E-state index in [0.29, 0.717) is 25.7 Å². The van der Waals surface area contributed by atoms with Crippen LogP contribution in [0.15, 0.2) is 146 Å². The highest BCUT2D eigenvalue weighted by molar-refractivity contribution is 5.71. The Bertz CT molecular complexity index is 1700. The number of carbonyl (C=O) groups is 3. The standard InChI is InChI=1S/C71H114O6/c1-4-7-10-13-16-19-22-25-28-30-31-32-33-34-35-36-37-38-39-41-43-46-49-52-55-58-61-64-70(73)76-67-68(66-75-69(72)63-60-57-54-51-48-45-42-27-24-21-18-15-12-9-6-3)77-71(74)65-62-59-56-53-50-47-44-40-29-26-23-20-17-14-11-8-5-2/h7,9-10,12,16,18-19,21,25-29,31-32,34-35,37-38,41-43,49,52,68H,4-6,8,11,13-15,17,20,22-24,30,33,36,39-40,44-48,50-51,53-67H2,1-3H3/b10-7-,12-9-,19-16-,21-18-,28-25-,29-26-,32-31-,35-34-,38-37-,42-27-,43-41-,52-49-. The Morgan fingerprint density at radius 3 is 0.831 bits per heavy atom. The highest BCUT2D eigenvalue weighted by Crippen LogP contribution is 2.14. The molecule has 0 aromatic carbocycles. The summed E-state index contributed by atoms with van der Waals surface area (Å²) >= 11 is 0. The average Bonchev–Trinajstić information content (AvgIpc) is 3.43. The highest BCUT2D eigenvalue weighted by Gasteiger charge is 2.19. The first-order chi connectivity index (χ1) is 38.0. The van der Waals surface area contributed by atoms with Gasteiger partial charge in [-0.15, -0.1) is 0 Å². The number of unbranched alkanes of at least 4 members (excludes halogenated alkanes) is 20. The summed E-state index contributed by atoms with van der Waals surface area (Å²) in [5, 5.41) is 0. The van der Waals surface area contributed by atoms with Crippen molar-refractivity contribution in [1.82, 2.24) is 0 Å². The van der Waals surface area contributed by atoms with Gasteiger partial charge in [0.25, 0.3) is 0 Å². The minimum absolute atomic E-state index is 0.107. The summed E-state index contributed by atoms with van der Waals surface area (Å²) in [4.78, 5) is 38.3. The number of rotatable bonds is 55. The van der Waals surface area contributed by atoms with E-state index in [1.165, 1.54) is 77.0 Å². The Morgan fingerprint density at radius 1 is 0.273 bits per heavy atom. The monoisotopic (exact) mass is 1060 g/mol. The zero-order valence-corrected chi connectivity index (χ0v) is 49.7. The lowest BCUT2D eigenvalue weighted by Gasteiger charge is -2.18. The molecule has 1 atom stereocenters. The number of esters is 3. The van der Waals surface area contributed by atoms with Crippen molar-refractivity contribution in [2.45, 2.75) is 271 Å². The molecule has 434 valence electrons. The Labute approximate surface area is 474 Å². The summed E-state index contributed by atoms with van der Waals surface area (Å²) in [7, 11) is 0. The third-order valence-corrected chi connectivity index (χ3v) is 12.8. The van der Waals surface area contributed by atoms with Gasteiger partial charge in [-0.3, -0.25) is 14.4 Å². The molecule has 0 aliphatic carbocycles. The van der Waals surface area contributed by atoms with Crippen LogP contribution in [0.4, 0.5) is 0 Å². The van der Waals surface area contributed by atoms with E-state index in [0.717, 1.165) is 141 Å². The molecule has 1 unspecified atom stereocenters. The van der Waals surface area contributed by atoms with Gasteiger partial charge in [-0.05, 0) is 141 Å². The van der Waals surface area contributed by atoms with Crippen molar-refractivity contribution >= 4 is 17.9 Å². The zero-order chi connectivity index (χ0) is 55.7. The van der Waals surface area contributed by atoms with Crippen LogP contribution in [0.5, 0.6) is 0 Å². The van der Waals surface area contributed by atoms with E-state index in [1.807, 2.05) is 0 Å². The first-order valence-corrected chi connectivity index (χ1v) is 31.3. The lowest BCUT2D eigenvalue weighted by Crippen LogP contribution is -2.30. The molecule has 0 aromatic rings. The van der Waals surface area contributed by atoms with Crippen molar-refractivity contribution in [2.75, 3.05) is 13.2 Å². The third kappa shape index (κ3) is 62.0. The quantitative estimate of drug-likeness (QED) is 0.0261. The summed E-state index contributed by atoms with van der Waals surface area (Å²) in [6.45, 7) is 6.36. The van der Waals surface area contributed by atoms with Gasteiger partial charge in [0.2, 0.25) is 0 Å².